The fourth-order valence-corrected chi connectivity index (χ4v) is 3.44. The Balaban J connectivity index is 1.69. The third-order valence-electron chi connectivity index (χ3n) is 5.00. The Labute approximate surface area is 182 Å². The lowest BCUT2D eigenvalue weighted by Gasteiger charge is -2.12. The molecule has 4 aromatic rings. The molecular weight excluding hydrogens is 450 g/mol. The number of amides is 1. The van der Waals surface area contributed by atoms with Gasteiger partial charge in [0, 0.05) is 23.5 Å². The lowest BCUT2D eigenvalue weighted by Crippen LogP contribution is -2.14. The summed E-state index contributed by atoms with van der Waals surface area (Å²) in [6.45, 7) is -0.328. The van der Waals surface area contributed by atoms with Gasteiger partial charge in [0.1, 0.15) is 5.82 Å². The minimum Gasteiger partial charge on any atom is -0.392 e. The smallest absolute Gasteiger partial charge is 0.392 e. The van der Waals surface area contributed by atoms with Crippen molar-refractivity contribution in [2.45, 2.75) is 12.8 Å². The van der Waals surface area contributed by atoms with Gasteiger partial charge in [-0.05, 0) is 47.5 Å². The van der Waals surface area contributed by atoms with Gasteiger partial charge >= 0.3 is 6.18 Å². The van der Waals surface area contributed by atoms with Crippen LogP contribution in [0.25, 0.3) is 16.8 Å². The molecule has 2 aromatic heterocycles. The number of aliphatic hydroxyl groups is 1. The van der Waals surface area contributed by atoms with Gasteiger partial charge in [-0.2, -0.15) is 13.2 Å². The molecule has 170 valence electrons. The Hall–Kier alpha value is -3.79. The van der Waals surface area contributed by atoms with Gasteiger partial charge in [-0.25, -0.2) is 13.2 Å². The molecule has 0 unspecified atom stereocenters. The molecule has 0 bridgehead atoms. The third-order valence-corrected chi connectivity index (χ3v) is 5.00. The van der Waals surface area contributed by atoms with Crippen molar-refractivity contribution < 1.29 is 36.2 Å². The summed E-state index contributed by atoms with van der Waals surface area (Å²) in [5.41, 5.74) is -0.807. The van der Waals surface area contributed by atoms with E-state index in [4.69, 9.17) is 0 Å². The average Bonchev–Trinajstić information content (AvgIpc) is 3.16. The Kier molecular flexibility index (Phi) is 5.62. The number of hydrogen-bond acceptors (Lipinski definition) is 2. The van der Waals surface area contributed by atoms with Crippen LogP contribution >= 0.6 is 0 Å². The molecule has 0 spiro atoms. The first-order valence-electron chi connectivity index (χ1n) is 9.47. The number of nitrogens with zero attached hydrogens (tertiary/aromatic N) is 1. The SMILES string of the molecule is O=C(Nc1ccc(-c2c(C(F)(F)F)cc3cc(CO)ccn23)cc1)c1cc(F)c(F)cc1F. The molecule has 1 amide bonds. The lowest BCUT2D eigenvalue weighted by atomic mass is 10.1. The fraction of sp³-hybridized carbons (Fsp3) is 0.0870. The molecule has 0 atom stereocenters. The van der Waals surface area contributed by atoms with E-state index >= 15 is 0 Å². The summed E-state index contributed by atoms with van der Waals surface area (Å²) in [6, 6.07) is 9.80. The Morgan fingerprint density at radius 3 is 2.21 bits per heavy atom. The molecular formula is C23H14F6N2O2. The summed E-state index contributed by atoms with van der Waals surface area (Å²) in [5.74, 6) is -5.17. The van der Waals surface area contributed by atoms with Gasteiger partial charge in [0.15, 0.2) is 11.6 Å². The average molecular weight is 464 g/mol. The number of fused-ring (bicyclic) bond motifs is 1. The molecule has 0 radical (unpaired) electrons. The highest BCUT2D eigenvalue weighted by Crippen LogP contribution is 2.39. The van der Waals surface area contributed by atoms with Crippen LogP contribution < -0.4 is 5.32 Å². The number of rotatable bonds is 4. The number of carbonyl (C=O) groups excluding carboxylic acids is 1. The van der Waals surface area contributed by atoms with E-state index in [1.54, 1.807) is 0 Å². The van der Waals surface area contributed by atoms with Crippen molar-refractivity contribution in [2.75, 3.05) is 5.32 Å². The second-order valence-electron chi connectivity index (χ2n) is 7.17. The fourth-order valence-electron chi connectivity index (χ4n) is 3.44. The van der Waals surface area contributed by atoms with Crippen molar-refractivity contribution in [2.24, 2.45) is 0 Å². The molecule has 0 fully saturated rings. The number of anilines is 1. The van der Waals surface area contributed by atoms with E-state index in [9.17, 15) is 36.2 Å². The van der Waals surface area contributed by atoms with E-state index in [-0.39, 0.29) is 35.1 Å². The van der Waals surface area contributed by atoms with Crippen LogP contribution in [-0.2, 0) is 12.8 Å². The number of pyridine rings is 1. The van der Waals surface area contributed by atoms with Gasteiger partial charge in [0.25, 0.3) is 5.91 Å². The molecule has 4 rings (SSSR count). The van der Waals surface area contributed by atoms with E-state index in [2.05, 4.69) is 5.32 Å². The van der Waals surface area contributed by atoms with Gasteiger partial charge in [-0.1, -0.05) is 12.1 Å². The summed E-state index contributed by atoms with van der Waals surface area (Å²) in [6.07, 6.45) is -3.25. The van der Waals surface area contributed by atoms with Crippen molar-refractivity contribution in [3.05, 3.63) is 94.9 Å². The number of carbonyl (C=O) groups is 1. The summed E-state index contributed by atoms with van der Waals surface area (Å²) in [4.78, 5) is 12.2. The van der Waals surface area contributed by atoms with Crippen LogP contribution in [0.4, 0.5) is 32.0 Å². The molecule has 0 aliphatic heterocycles. The first-order valence-corrected chi connectivity index (χ1v) is 9.47. The van der Waals surface area contributed by atoms with Crippen LogP contribution in [0.5, 0.6) is 0 Å². The normalized spacial score (nSPS) is 11.7. The molecule has 0 aliphatic carbocycles. The third kappa shape index (κ3) is 4.29. The zero-order valence-electron chi connectivity index (χ0n) is 16.6. The van der Waals surface area contributed by atoms with E-state index < -0.39 is 40.7 Å². The highest BCUT2D eigenvalue weighted by atomic mass is 19.4. The second kappa shape index (κ2) is 8.28. The molecule has 0 saturated heterocycles. The van der Waals surface area contributed by atoms with Crippen LogP contribution in [0.3, 0.4) is 0 Å². The van der Waals surface area contributed by atoms with Gasteiger partial charge in [-0.15, -0.1) is 0 Å². The lowest BCUT2D eigenvalue weighted by molar-refractivity contribution is -0.137. The topological polar surface area (TPSA) is 53.7 Å². The van der Waals surface area contributed by atoms with Crippen LogP contribution in [0.2, 0.25) is 0 Å². The van der Waals surface area contributed by atoms with E-state index in [1.165, 1.54) is 47.0 Å². The molecule has 10 heteroatoms. The van der Waals surface area contributed by atoms with Gasteiger partial charge in [0.05, 0.1) is 23.4 Å². The van der Waals surface area contributed by atoms with Crippen molar-refractivity contribution in [1.29, 1.82) is 0 Å². The molecule has 2 aromatic carbocycles. The quantitative estimate of drug-likeness (QED) is 0.297. The van der Waals surface area contributed by atoms with Gasteiger partial charge in [-0.3, -0.25) is 4.79 Å². The van der Waals surface area contributed by atoms with Crippen LogP contribution in [0.1, 0.15) is 21.5 Å². The Morgan fingerprint density at radius 2 is 1.58 bits per heavy atom. The van der Waals surface area contributed by atoms with Gasteiger partial charge in [0.2, 0.25) is 0 Å². The molecule has 0 aliphatic rings. The van der Waals surface area contributed by atoms with Gasteiger partial charge < -0.3 is 14.8 Å². The summed E-state index contributed by atoms with van der Waals surface area (Å²) in [7, 11) is 0. The predicted molar refractivity (Wildman–Crippen MR) is 108 cm³/mol. The number of nitrogens with one attached hydrogen (secondary N) is 1. The molecule has 2 N–H and O–H groups in total. The minimum absolute atomic E-state index is 0.102. The standard InChI is InChI=1S/C23H14F6N2O2/c24-18-10-20(26)19(25)9-16(18)22(33)30-14-3-1-13(2-4-14)21-17(23(27,28)29)8-15-7-12(11-32)5-6-31(15)21/h1-10,32H,11H2,(H,30,33). The zero-order valence-corrected chi connectivity index (χ0v) is 16.6. The second-order valence-corrected chi connectivity index (χ2v) is 7.17. The first kappa shape index (κ1) is 22.4. The number of alkyl halides is 3. The number of aliphatic hydroxyl groups excluding tert-OH is 1. The minimum atomic E-state index is -4.65. The molecule has 0 saturated carbocycles. The van der Waals surface area contributed by atoms with Crippen LogP contribution in [0, 0.1) is 17.5 Å². The number of hydrogen-bond donors (Lipinski definition) is 2. The van der Waals surface area contributed by atoms with Crippen molar-refractivity contribution >= 4 is 17.1 Å². The van der Waals surface area contributed by atoms with Crippen molar-refractivity contribution in [1.82, 2.24) is 4.40 Å². The predicted octanol–water partition coefficient (Wildman–Crippen LogP) is 5.79. The highest BCUT2D eigenvalue weighted by Gasteiger charge is 2.36. The van der Waals surface area contributed by atoms with Crippen molar-refractivity contribution in [3.8, 4) is 11.3 Å². The van der Waals surface area contributed by atoms with Crippen LogP contribution in [-0.4, -0.2) is 15.4 Å². The number of aromatic nitrogens is 1. The largest absolute Gasteiger partial charge is 0.418 e. The maximum absolute atomic E-state index is 13.8. The molecule has 2 heterocycles. The first-order chi connectivity index (χ1) is 15.6. The Morgan fingerprint density at radius 1 is 0.909 bits per heavy atom. The maximum atomic E-state index is 13.8. The monoisotopic (exact) mass is 464 g/mol. The Bertz CT molecular complexity index is 1360. The number of halogens is 6. The van der Waals surface area contributed by atoms with Crippen molar-refractivity contribution in [3.63, 3.8) is 0 Å². The summed E-state index contributed by atoms with van der Waals surface area (Å²) < 4.78 is 82.6. The number of benzene rings is 2. The maximum Gasteiger partial charge on any atom is 0.418 e. The summed E-state index contributed by atoms with van der Waals surface area (Å²) in [5, 5.41) is 11.5. The van der Waals surface area contributed by atoms with Crippen LogP contribution in [0.15, 0.2) is 60.8 Å². The summed E-state index contributed by atoms with van der Waals surface area (Å²) >= 11 is 0. The molecule has 33 heavy (non-hydrogen) atoms. The van der Waals surface area contributed by atoms with E-state index in [1.807, 2.05) is 0 Å². The van der Waals surface area contributed by atoms with E-state index in [0.717, 1.165) is 6.07 Å². The molecule has 4 nitrogen and oxygen atoms in total. The van der Waals surface area contributed by atoms with E-state index in [0.29, 0.717) is 11.6 Å². The highest BCUT2D eigenvalue weighted by molar-refractivity contribution is 6.04. The zero-order chi connectivity index (χ0) is 23.9.